The van der Waals surface area contributed by atoms with Gasteiger partial charge in [-0.15, -0.1) is 0 Å². The van der Waals surface area contributed by atoms with Crippen LogP contribution in [0.2, 0.25) is 0 Å². The molecule has 0 saturated carbocycles. The maximum atomic E-state index is 13.2. The summed E-state index contributed by atoms with van der Waals surface area (Å²) in [6.07, 6.45) is 8.75. The molecule has 1 fully saturated rings. The van der Waals surface area contributed by atoms with Crippen LogP contribution < -0.4 is 10.1 Å². The van der Waals surface area contributed by atoms with E-state index in [1.807, 2.05) is 6.92 Å². The first kappa shape index (κ1) is 25.3. The SMILES string of the molecule is CC(C)=CCCC(C)=CCCC1(C)Oc2c(c(O)cc3c2CN(C2CCCNC2=O)C3=O)CC1O. The van der Waals surface area contributed by atoms with Crippen LogP contribution >= 0.6 is 0 Å². The first-order valence-corrected chi connectivity index (χ1v) is 12.7. The highest BCUT2D eigenvalue weighted by Gasteiger charge is 2.45. The fraction of sp³-hybridized carbons (Fsp3) is 0.571. The number of allylic oxidation sites excluding steroid dienone is 4. The van der Waals surface area contributed by atoms with Crippen molar-refractivity contribution in [3.05, 3.63) is 46.1 Å². The lowest BCUT2D eigenvalue weighted by Gasteiger charge is -2.41. The summed E-state index contributed by atoms with van der Waals surface area (Å²) in [6, 6.07) is 0.954. The normalized spacial score (nSPS) is 26.1. The average molecular weight is 483 g/mol. The summed E-state index contributed by atoms with van der Waals surface area (Å²) < 4.78 is 6.43. The Kier molecular flexibility index (Phi) is 7.27. The Morgan fingerprint density at radius 1 is 1.23 bits per heavy atom. The predicted molar refractivity (Wildman–Crippen MR) is 134 cm³/mol. The van der Waals surface area contributed by atoms with Crippen LogP contribution in [0.1, 0.15) is 87.7 Å². The van der Waals surface area contributed by atoms with Crippen molar-refractivity contribution in [1.82, 2.24) is 10.2 Å². The van der Waals surface area contributed by atoms with Gasteiger partial charge >= 0.3 is 0 Å². The smallest absolute Gasteiger partial charge is 0.255 e. The van der Waals surface area contributed by atoms with Gasteiger partial charge < -0.3 is 25.2 Å². The van der Waals surface area contributed by atoms with E-state index in [-0.39, 0.29) is 30.5 Å². The Morgan fingerprint density at radius 2 is 2.00 bits per heavy atom. The quantitative estimate of drug-likeness (QED) is 0.507. The van der Waals surface area contributed by atoms with Crippen LogP contribution in [0.3, 0.4) is 0 Å². The summed E-state index contributed by atoms with van der Waals surface area (Å²) in [5.41, 5.74) is 3.40. The van der Waals surface area contributed by atoms with Crippen molar-refractivity contribution in [1.29, 1.82) is 0 Å². The lowest BCUT2D eigenvalue weighted by molar-refractivity contribution is -0.127. The highest BCUT2D eigenvalue weighted by Crippen LogP contribution is 2.46. The van der Waals surface area contributed by atoms with Crippen LogP contribution in [-0.4, -0.2) is 51.2 Å². The number of hydrogen-bond donors (Lipinski definition) is 3. The van der Waals surface area contributed by atoms with Crippen molar-refractivity contribution < 1.29 is 24.5 Å². The Bertz CT molecular complexity index is 1070. The van der Waals surface area contributed by atoms with Crippen LogP contribution in [0.4, 0.5) is 0 Å². The van der Waals surface area contributed by atoms with Gasteiger partial charge in [0.2, 0.25) is 5.91 Å². The lowest BCUT2D eigenvalue weighted by Crippen LogP contribution is -2.50. The highest BCUT2D eigenvalue weighted by atomic mass is 16.5. The van der Waals surface area contributed by atoms with Crippen LogP contribution in [0.15, 0.2) is 29.4 Å². The fourth-order valence-corrected chi connectivity index (χ4v) is 5.33. The molecule has 7 heteroatoms. The molecule has 1 saturated heterocycles. The van der Waals surface area contributed by atoms with Crippen LogP contribution in [-0.2, 0) is 17.8 Å². The van der Waals surface area contributed by atoms with E-state index in [1.165, 1.54) is 17.2 Å². The molecule has 0 aliphatic carbocycles. The molecule has 3 atom stereocenters. The van der Waals surface area contributed by atoms with Crippen molar-refractivity contribution in [3.63, 3.8) is 0 Å². The van der Waals surface area contributed by atoms with Gasteiger partial charge in [0, 0.05) is 24.1 Å². The monoisotopic (exact) mass is 482 g/mol. The molecule has 3 heterocycles. The van der Waals surface area contributed by atoms with Gasteiger partial charge in [0.05, 0.1) is 18.2 Å². The number of aromatic hydroxyl groups is 1. The molecular formula is C28H38N2O5. The molecule has 2 amide bonds. The minimum absolute atomic E-state index is 0.0434. The van der Waals surface area contributed by atoms with Crippen molar-refractivity contribution in [2.45, 2.75) is 96.9 Å². The minimum atomic E-state index is -0.843. The van der Waals surface area contributed by atoms with Crippen LogP contribution in [0.25, 0.3) is 0 Å². The molecule has 1 aromatic rings. The third-order valence-electron chi connectivity index (χ3n) is 7.58. The van der Waals surface area contributed by atoms with E-state index in [1.54, 1.807) is 4.90 Å². The number of rotatable bonds is 7. The number of ether oxygens (including phenoxy) is 1. The highest BCUT2D eigenvalue weighted by molar-refractivity contribution is 6.02. The number of carbonyl (C=O) groups excluding carboxylic acids is 2. The molecule has 7 nitrogen and oxygen atoms in total. The molecule has 35 heavy (non-hydrogen) atoms. The summed E-state index contributed by atoms with van der Waals surface area (Å²) in [5, 5.41) is 24.5. The van der Waals surface area contributed by atoms with Crippen molar-refractivity contribution in [2.75, 3.05) is 6.54 Å². The molecule has 3 aliphatic heterocycles. The Labute approximate surface area is 207 Å². The molecule has 1 aromatic carbocycles. The number of phenols is 1. The number of hydrogen-bond acceptors (Lipinski definition) is 5. The number of amides is 2. The molecule has 3 aliphatic rings. The Hall–Kier alpha value is -2.80. The zero-order chi connectivity index (χ0) is 25.3. The van der Waals surface area contributed by atoms with Crippen LogP contribution in [0, 0.1) is 0 Å². The molecule has 0 spiro atoms. The number of benzene rings is 1. The second-order valence-electron chi connectivity index (χ2n) is 10.7. The van der Waals surface area contributed by atoms with Gasteiger partial charge in [-0.1, -0.05) is 23.3 Å². The van der Waals surface area contributed by atoms with E-state index < -0.39 is 17.7 Å². The largest absolute Gasteiger partial charge is 0.508 e. The number of phenolic OH excluding ortho intramolecular Hbond substituents is 1. The Balaban J connectivity index is 1.53. The van der Waals surface area contributed by atoms with Gasteiger partial charge in [-0.05, 0) is 72.3 Å². The summed E-state index contributed by atoms with van der Waals surface area (Å²) in [7, 11) is 0. The van der Waals surface area contributed by atoms with Crippen molar-refractivity contribution in [2.24, 2.45) is 0 Å². The number of aliphatic hydroxyl groups is 1. The number of piperidine rings is 1. The standard InChI is InChI=1S/C28H38N2O5/c1-17(2)8-5-9-18(3)10-6-12-28(4)24(32)15-20-23(31)14-19-21(25(20)35-28)16-30(27(19)34)22-11-7-13-29-26(22)33/h8,10,14,22,24,31-32H,5-7,9,11-13,15-16H2,1-4H3,(H,29,33). The second-order valence-corrected chi connectivity index (χ2v) is 10.7. The molecule has 190 valence electrons. The molecular weight excluding hydrogens is 444 g/mol. The van der Waals surface area contributed by atoms with Crippen molar-refractivity contribution >= 4 is 11.8 Å². The lowest BCUT2D eigenvalue weighted by atomic mass is 9.84. The summed E-state index contributed by atoms with van der Waals surface area (Å²) in [4.78, 5) is 27.2. The minimum Gasteiger partial charge on any atom is -0.508 e. The van der Waals surface area contributed by atoms with Gasteiger partial charge in [0.15, 0.2) is 0 Å². The zero-order valence-corrected chi connectivity index (χ0v) is 21.3. The van der Waals surface area contributed by atoms with Gasteiger partial charge in [-0.3, -0.25) is 9.59 Å². The average Bonchev–Trinajstić information content (AvgIpc) is 3.11. The van der Waals surface area contributed by atoms with Gasteiger partial charge in [0.25, 0.3) is 5.91 Å². The predicted octanol–water partition coefficient (Wildman–Crippen LogP) is 4.15. The molecule has 0 bridgehead atoms. The first-order chi connectivity index (χ1) is 16.6. The number of nitrogens with one attached hydrogen (secondary N) is 1. The van der Waals surface area contributed by atoms with E-state index in [9.17, 15) is 19.8 Å². The Morgan fingerprint density at radius 3 is 2.71 bits per heavy atom. The van der Waals surface area contributed by atoms with E-state index >= 15 is 0 Å². The number of aliphatic hydroxyl groups excluding tert-OH is 1. The van der Waals surface area contributed by atoms with Gasteiger partial charge in [-0.25, -0.2) is 0 Å². The maximum absolute atomic E-state index is 13.2. The number of fused-ring (bicyclic) bond motifs is 3. The molecule has 3 unspecified atom stereocenters. The van der Waals surface area contributed by atoms with Crippen molar-refractivity contribution in [3.8, 4) is 11.5 Å². The molecule has 0 radical (unpaired) electrons. The van der Waals surface area contributed by atoms with Crippen LogP contribution in [0.5, 0.6) is 11.5 Å². The maximum Gasteiger partial charge on any atom is 0.255 e. The number of nitrogens with zero attached hydrogens (tertiary/aromatic N) is 1. The molecule has 4 rings (SSSR count). The fourth-order valence-electron chi connectivity index (χ4n) is 5.33. The molecule has 0 aromatic heterocycles. The first-order valence-electron chi connectivity index (χ1n) is 12.7. The summed E-state index contributed by atoms with van der Waals surface area (Å²) in [5.74, 6) is 0.0530. The van der Waals surface area contributed by atoms with E-state index in [0.717, 1.165) is 25.7 Å². The van der Waals surface area contributed by atoms with Gasteiger partial charge in [-0.2, -0.15) is 0 Å². The van der Waals surface area contributed by atoms with E-state index in [2.05, 4.69) is 38.2 Å². The topological polar surface area (TPSA) is 99.1 Å². The second kappa shape index (κ2) is 10.1. The summed E-state index contributed by atoms with van der Waals surface area (Å²) >= 11 is 0. The molecule has 3 N–H and O–H groups in total. The van der Waals surface area contributed by atoms with Gasteiger partial charge in [0.1, 0.15) is 23.1 Å². The zero-order valence-electron chi connectivity index (χ0n) is 21.3. The third-order valence-corrected chi connectivity index (χ3v) is 7.58. The van der Waals surface area contributed by atoms with E-state index in [4.69, 9.17) is 4.74 Å². The van der Waals surface area contributed by atoms with E-state index in [0.29, 0.717) is 41.8 Å². The number of carbonyl (C=O) groups is 2. The third kappa shape index (κ3) is 5.10. The summed E-state index contributed by atoms with van der Waals surface area (Å²) in [6.45, 7) is 9.12.